The van der Waals surface area contributed by atoms with Gasteiger partial charge < -0.3 is 20.6 Å². The molecular formula is C31H46N4O4. The Morgan fingerprint density at radius 2 is 1.69 bits per heavy atom. The van der Waals surface area contributed by atoms with E-state index < -0.39 is 29.5 Å². The number of carbonyl (C=O) groups is 3. The van der Waals surface area contributed by atoms with E-state index in [0.29, 0.717) is 12.0 Å². The molecular weight excluding hydrogens is 492 g/mol. The molecule has 0 spiro atoms. The summed E-state index contributed by atoms with van der Waals surface area (Å²) in [5.41, 5.74) is 0.545. The summed E-state index contributed by atoms with van der Waals surface area (Å²) in [6.07, 6.45) is 12.8. The lowest BCUT2D eigenvalue weighted by molar-refractivity contribution is -0.139. The van der Waals surface area contributed by atoms with Crippen molar-refractivity contribution in [1.82, 2.24) is 15.5 Å². The lowest BCUT2D eigenvalue weighted by Crippen LogP contribution is -2.58. The number of amides is 2. The number of nitrogens with one attached hydrogen (secondary N) is 2. The average molecular weight is 539 g/mol. The van der Waals surface area contributed by atoms with Crippen molar-refractivity contribution in [3.05, 3.63) is 59.3 Å². The van der Waals surface area contributed by atoms with E-state index in [0.717, 1.165) is 5.57 Å². The Morgan fingerprint density at radius 3 is 2.18 bits per heavy atom. The number of aliphatic carboxylic acids is 1. The van der Waals surface area contributed by atoms with Crippen LogP contribution >= 0.6 is 0 Å². The van der Waals surface area contributed by atoms with Crippen molar-refractivity contribution >= 4 is 17.8 Å². The van der Waals surface area contributed by atoms with Crippen molar-refractivity contribution in [3.63, 3.8) is 0 Å². The molecule has 0 fully saturated rings. The second kappa shape index (κ2) is 14.1. The lowest BCUT2D eigenvalue weighted by Gasteiger charge is -2.38. The van der Waals surface area contributed by atoms with Crippen LogP contribution in [-0.2, 0) is 14.4 Å². The molecule has 8 heteroatoms. The third-order valence-corrected chi connectivity index (χ3v) is 6.92. The van der Waals surface area contributed by atoms with Gasteiger partial charge in [0.2, 0.25) is 11.8 Å². The number of nitriles is 1. The van der Waals surface area contributed by atoms with Gasteiger partial charge in [-0.05, 0) is 49.5 Å². The van der Waals surface area contributed by atoms with Crippen molar-refractivity contribution in [2.24, 2.45) is 16.7 Å². The highest BCUT2D eigenvalue weighted by molar-refractivity contribution is 5.91. The van der Waals surface area contributed by atoms with Gasteiger partial charge in [0.1, 0.15) is 6.04 Å². The molecule has 1 aliphatic carbocycles. The Hall–Kier alpha value is -3.44. The second-order valence-corrected chi connectivity index (χ2v) is 12.2. The molecule has 0 saturated heterocycles. The molecule has 214 valence electrons. The first-order chi connectivity index (χ1) is 18.0. The number of carbonyl (C=O) groups excluding carboxylic acids is 2. The molecule has 0 bridgehead atoms. The molecule has 0 aliphatic heterocycles. The van der Waals surface area contributed by atoms with Crippen molar-refractivity contribution in [3.8, 4) is 6.07 Å². The first-order valence-electron chi connectivity index (χ1n) is 13.3. The molecule has 0 aromatic heterocycles. The number of rotatable bonds is 11. The fraction of sp³-hybridized carbons (Fsp3) is 0.548. The molecule has 0 heterocycles. The van der Waals surface area contributed by atoms with E-state index in [-0.39, 0.29) is 28.7 Å². The Bertz CT molecular complexity index is 1110. The average Bonchev–Trinajstić information content (AvgIpc) is 2.79. The number of carboxylic acids is 1. The van der Waals surface area contributed by atoms with Crippen LogP contribution in [0.5, 0.6) is 0 Å². The molecule has 0 aromatic carbocycles. The Balaban J connectivity index is 3.37. The molecule has 2 unspecified atom stereocenters. The predicted octanol–water partition coefficient (Wildman–Crippen LogP) is 4.54. The maximum Gasteiger partial charge on any atom is 0.331 e. The van der Waals surface area contributed by atoms with E-state index in [9.17, 15) is 24.8 Å². The van der Waals surface area contributed by atoms with Crippen LogP contribution in [0.3, 0.4) is 0 Å². The van der Waals surface area contributed by atoms with Crippen molar-refractivity contribution < 1.29 is 19.5 Å². The lowest BCUT2D eigenvalue weighted by atomic mass is 9.75. The van der Waals surface area contributed by atoms with Gasteiger partial charge in [0.25, 0.3) is 0 Å². The quantitative estimate of drug-likeness (QED) is 0.332. The van der Waals surface area contributed by atoms with Gasteiger partial charge in [-0.15, -0.1) is 0 Å². The van der Waals surface area contributed by atoms with E-state index in [1.54, 1.807) is 38.4 Å². The highest BCUT2D eigenvalue weighted by Gasteiger charge is 2.39. The normalized spacial score (nSPS) is 21.0. The topological polar surface area (TPSA) is 123 Å². The van der Waals surface area contributed by atoms with Crippen LogP contribution in [0.25, 0.3) is 0 Å². The highest BCUT2D eigenvalue weighted by atomic mass is 16.4. The summed E-state index contributed by atoms with van der Waals surface area (Å²) in [6.45, 7) is 15.3. The van der Waals surface area contributed by atoms with Gasteiger partial charge in [0.05, 0.1) is 23.7 Å². The third kappa shape index (κ3) is 9.67. The number of carboxylic acid groups (broad SMARTS) is 1. The zero-order valence-corrected chi connectivity index (χ0v) is 25.1. The summed E-state index contributed by atoms with van der Waals surface area (Å²) >= 11 is 0. The number of hydrogen-bond donors (Lipinski definition) is 3. The van der Waals surface area contributed by atoms with Gasteiger partial charge in [-0.1, -0.05) is 78.8 Å². The molecule has 0 aromatic rings. The van der Waals surface area contributed by atoms with Gasteiger partial charge in [-0.2, -0.15) is 5.26 Å². The zero-order chi connectivity index (χ0) is 30.1. The zero-order valence-electron chi connectivity index (χ0n) is 25.1. The van der Waals surface area contributed by atoms with Crippen LogP contribution in [0.1, 0.15) is 61.8 Å². The summed E-state index contributed by atoms with van der Waals surface area (Å²) in [5.74, 6) is -1.68. The first-order valence-corrected chi connectivity index (χ1v) is 13.3. The minimum Gasteiger partial charge on any atom is -0.478 e. The molecule has 3 atom stereocenters. The minimum absolute atomic E-state index is 0.0401. The molecule has 39 heavy (non-hydrogen) atoms. The number of likely N-dealkylation sites (N-methyl/N-ethyl adjacent to an activating group) is 2. The van der Waals surface area contributed by atoms with Gasteiger partial charge in [0.15, 0.2) is 0 Å². The molecule has 8 nitrogen and oxygen atoms in total. The van der Waals surface area contributed by atoms with Gasteiger partial charge in [0, 0.05) is 18.0 Å². The summed E-state index contributed by atoms with van der Waals surface area (Å²) in [4.78, 5) is 40.6. The molecule has 0 radical (unpaired) electrons. The highest BCUT2D eigenvalue weighted by Crippen LogP contribution is 2.33. The van der Waals surface area contributed by atoms with E-state index in [1.165, 1.54) is 11.8 Å². The first kappa shape index (κ1) is 33.6. The largest absolute Gasteiger partial charge is 0.478 e. The second-order valence-electron chi connectivity index (χ2n) is 12.2. The van der Waals surface area contributed by atoms with Crippen molar-refractivity contribution in [2.75, 3.05) is 14.1 Å². The smallest absolute Gasteiger partial charge is 0.331 e. The Morgan fingerprint density at radius 1 is 1.10 bits per heavy atom. The summed E-state index contributed by atoms with van der Waals surface area (Å²) < 4.78 is 0. The number of allylic oxidation sites excluding steroid dienone is 7. The summed E-state index contributed by atoms with van der Waals surface area (Å²) in [6, 6.07) is 0.178. The van der Waals surface area contributed by atoms with Crippen LogP contribution < -0.4 is 10.6 Å². The van der Waals surface area contributed by atoms with Crippen molar-refractivity contribution in [2.45, 2.75) is 79.9 Å². The number of hydrogen-bond acceptors (Lipinski definition) is 5. The maximum atomic E-state index is 13.8. The Kier molecular flexibility index (Phi) is 12.1. The van der Waals surface area contributed by atoms with Gasteiger partial charge in [-0.3, -0.25) is 9.59 Å². The summed E-state index contributed by atoms with van der Waals surface area (Å²) in [5, 5.41) is 24.8. The molecule has 1 rings (SSSR count). The fourth-order valence-electron chi connectivity index (χ4n) is 4.64. The van der Waals surface area contributed by atoms with Crippen molar-refractivity contribution in [1.29, 1.82) is 5.26 Å². The van der Waals surface area contributed by atoms with Crippen LogP contribution in [0.2, 0.25) is 0 Å². The molecule has 0 saturated carbocycles. The molecule has 1 aliphatic rings. The van der Waals surface area contributed by atoms with Gasteiger partial charge in [-0.25, -0.2) is 4.79 Å². The molecule has 2 amide bonds. The van der Waals surface area contributed by atoms with E-state index in [1.807, 2.05) is 66.7 Å². The fourth-order valence-corrected chi connectivity index (χ4v) is 4.64. The number of nitrogens with zero attached hydrogens (tertiary/aromatic N) is 2. The van der Waals surface area contributed by atoms with Crippen LogP contribution in [0.15, 0.2) is 59.3 Å². The Labute approximate surface area is 234 Å². The maximum absolute atomic E-state index is 13.8. The third-order valence-electron chi connectivity index (χ3n) is 6.92. The standard InChI is InChI=1S/C31H46N4O4/c1-20(2)25(17-21(3)29(38)39)35(10)28(37)24(18-30(4,5)6)34-27(36)26(33-9)31(7,8)23-14-12-11-13-22(19-32)15-16-23/h11-17,20,24-26,33H,18H2,1-10H3,(H,34,36)(H,38,39)/b12-11-,13-11?,14-12?,16-15+,21-17+,22-13-,22-15?,23-14+,23-16?/t24?,25?,26-/m1/s1. The van der Waals surface area contributed by atoms with E-state index in [2.05, 4.69) is 16.7 Å². The minimum atomic E-state index is -1.04. The SMILES string of the molecule is CN[C@H](C(=O)NC(CC(C)(C)C)C(=O)N(C)C(/C=C(\C)C(=O)O)C(C)C)C(C)(C)C1=C/C=C\C=C(C#N)\C=C\1. The van der Waals surface area contributed by atoms with Crippen LogP contribution in [0, 0.1) is 28.1 Å². The van der Waals surface area contributed by atoms with Crippen LogP contribution in [0.4, 0.5) is 0 Å². The monoisotopic (exact) mass is 538 g/mol. The van der Waals surface area contributed by atoms with E-state index in [4.69, 9.17) is 0 Å². The van der Waals surface area contributed by atoms with E-state index >= 15 is 0 Å². The molecule has 3 N–H and O–H groups in total. The predicted molar refractivity (Wildman–Crippen MR) is 155 cm³/mol. The van der Waals surface area contributed by atoms with Crippen LogP contribution in [-0.4, -0.2) is 60.0 Å². The van der Waals surface area contributed by atoms with Gasteiger partial charge >= 0.3 is 5.97 Å². The summed E-state index contributed by atoms with van der Waals surface area (Å²) in [7, 11) is 3.35.